The quantitative estimate of drug-likeness (QED) is 0.918. The highest BCUT2D eigenvalue weighted by Crippen LogP contribution is 2.28. The molecule has 2 N–H and O–H groups in total. The molecular weight excluding hydrogens is 302 g/mol. The van der Waals surface area contributed by atoms with Crippen molar-refractivity contribution < 1.29 is 9.59 Å². The van der Waals surface area contributed by atoms with Gasteiger partial charge in [-0.3, -0.25) is 9.59 Å². The molecule has 2 unspecified atom stereocenters. The van der Waals surface area contributed by atoms with E-state index in [1.165, 1.54) is 5.56 Å². The van der Waals surface area contributed by atoms with Crippen LogP contribution in [0.2, 0.25) is 0 Å². The molecule has 130 valence electrons. The number of carbonyl (C=O) groups excluding carboxylic acids is 2. The van der Waals surface area contributed by atoms with Crippen LogP contribution < -0.4 is 10.6 Å². The normalized spacial score (nSPS) is 24.5. The molecular formula is C19H27N3O2. The largest absolute Gasteiger partial charge is 0.338 e. The van der Waals surface area contributed by atoms with E-state index >= 15 is 0 Å². The average Bonchev–Trinajstić information content (AvgIpc) is 3.03. The SMILES string of the molecule is CCc1ccc(N2CC(C(=O)N3CCCCC3CN)CC2=O)cc1. The van der Waals surface area contributed by atoms with Crippen LogP contribution in [0.5, 0.6) is 0 Å². The third kappa shape index (κ3) is 3.31. The molecule has 2 amide bonds. The molecule has 3 rings (SSSR count). The zero-order valence-electron chi connectivity index (χ0n) is 14.4. The second kappa shape index (κ2) is 7.34. The number of aryl methyl sites for hydroxylation is 1. The van der Waals surface area contributed by atoms with Gasteiger partial charge in [0.1, 0.15) is 0 Å². The van der Waals surface area contributed by atoms with E-state index in [9.17, 15) is 9.59 Å². The summed E-state index contributed by atoms with van der Waals surface area (Å²) in [6, 6.07) is 8.19. The van der Waals surface area contributed by atoms with Crippen LogP contribution in [-0.4, -0.2) is 42.4 Å². The highest BCUT2D eigenvalue weighted by Gasteiger charge is 2.39. The Morgan fingerprint density at radius 2 is 2.00 bits per heavy atom. The number of amides is 2. The smallest absolute Gasteiger partial charge is 0.228 e. The minimum absolute atomic E-state index is 0.0407. The van der Waals surface area contributed by atoms with Crippen molar-refractivity contribution in [1.82, 2.24) is 4.90 Å². The molecule has 5 nitrogen and oxygen atoms in total. The molecule has 0 aliphatic carbocycles. The lowest BCUT2D eigenvalue weighted by molar-refractivity contribution is -0.139. The van der Waals surface area contributed by atoms with Crippen LogP contribution in [0.3, 0.4) is 0 Å². The molecule has 1 aromatic rings. The van der Waals surface area contributed by atoms with Crippen molar-refractivity contribution in [1.29, 1.82) is 0 Å². The summed E-state index contributed by atoms with van der Waals surface area (Å²) in [5.74, 6) is -0.0967. The van der Waals surface area contributed by atoms with Crippen LogP contribution in [0.1, 0.15) is 38.2 Å². The summed E-state index contributed by atoms with van der Waals surface area (Å²) < 4.78 is 0. The van der Waals surface area contributed by atoms with E-state index in [2.05, 4.69) is 6.92 Å². The fraction of sp³-hybridized carbons (Fsp3) is 0.579. The maximum absolute atomic E-state index is 12.9. The fourth-order valence-corrected chi connectivity index (χ4v) is 3.80. The number of likely N-dealkylation sites (tertiary alicyclic amines) is 1. The van der Waals surface area contributed by atoms with Crippen LogP contribution in [0, 0.1) is 5.92 Å². The molecule has 2 aliphatic rings. The number of piperidine rings is 1. The van der Waals surface area contributed by atoms with Crippen molar-refractivity contribution in [2.45, 2.75) is 45.1 Å². The number of hydrogen-bond acceptors (Lipinski definition) is 3. The van der Waals surface area contributed by atoms with Gasteiger partial charge in [-0.05, 0) is 43.4 Å². The third-order valence-corrected chi connectivity index (χ3v) is 5.31. The highest BCUT2D eigenvalue weighted by molar-refractivity contribution is 6.00. The Balaban J connectivity index is 1.70. The number of rotatable bonds is 4. The molecule has 0 spiro atoms. The van der Waals surface area contributed by atoms with Gasteiger partial charge in [-0.1, -0.05) is 19.1 Å². The summed E-state index contributed by atoms with van der Waals surface area (Å²) in [5, 5.41) is 0. The van der Waals surface area contributed by atoms with Crippen molar-refractivity contribution in [2.75, 3.05) is 24.5 Å². The minimum Gasteiger partial charge on any atom is -0.338 e. The first-order valence-corrected chi connectivity index (χ1v) is 9.04. The molecule has 0 radical (unpaired) electrons. The van der Waals surface area contributed by atoms with Gasteiger partial charge in [-0.2, -0.15) is 0 Å². The predicted molar refractivity (Wildman–Crippen MR) is 94.7 cm³/mol. The Morgan fingerprint density at radius 3 is 2.67 bits per heavy atom. The lowest BCUT2D eigenvalue weighted by Gasteiger charge is -2.36. The molecule has 0 bridgehead atoms. The molecule has 1 aromatic carbocycles. The second-order valence-electron chi connectivity index (χ2n) is 6.84. The van der Waals surface area contributed by atoms with Gasteiger partial charge < -0.3 is 15.5 Å². The Morgan fingerprint density at radius 1 is 1.25 bits per heavy atom. The van der Waals surface area contributed by atoms with E-state index in [1.54, 1.807) is 4.90 Å². The van der Waals surface area contributed by atoms with Gasteiger partial charge in [0, 0.05) is 37.8 Å². The molecule has 0 saturated carbocycles. The molecule has 2 saturated heterocycles. The zero-order valence-corrected chi connectivity index (χ0v) is 14.4. The van der Waals surface area contributed by atoms with Crippen molar-refractivity contribution >= 4 is 17.5 Å². The average molecular weight is 329 g/mol. The highest BCUT2D eigenvalue weighted by atomic mass is 16.2. The molecule has 2 atom stereocenters. The number of benzene rings is 1. The fourth-order valence-electron chi connectivity index (χ4n) is 3.80. The third-order valence-electron chi connectivity index (χ3n) is 5.31. The van der Waals surface area contributed by atoms with E-state index in [-0.39, 0.29) is 23.8 Å². The Labute approximate surface area is 143 Å². The topological polar surface area (TPSA) is 66.6 Å². The first-order valence-electron chi connectivity index (χ1n) is 9.04. The summed E-state index contributed by atoms with van der Waals surface area (Å²) >= 11 is 0. The van der Waals surface area contributed by atoms with Crippen LogP contribution in [-0.2, 0) is 16.0 Å². The molecule has 2 fully saturated rings. The van der Waals surface area contributed by atoms with Gasteiger partial charge in [0.25, 0.3) is 0 Å². The number of hydrogen-bond donors (Lipinski definition) is 1. The van der Waals surface area contributed by atoms with Crippen molar-refractivity contribution in [2.24, 2.45) is 11.7 Å². The first kappa shape index (κ1) is 17.0. The number of carbonyl (C=O) groups is 2. The Hall–Kier alpha value is -1.88. The molecule has 24 heavy (non-hydrogen) atoms. The van der Waals surface area contributed by atoms with E-state index in [1.807, 2.05) is 29.2 Å². The van der Waals surface area contributed by atoms with Crippen LogP contribution in [0.25, 0.3) is 0 Å². The number of nitrogens with two attached hydrogens (primary N) is 1. The standard InChI is InChI=1S/C19H27N3O2/c1-2-14-6-8-16(9-7-14)22-13-15(11-18(22)23)19(24)21-10-4-3-5-17(21)12-20/h6-9,15,17H,2-5,10-13,20H2,1H3. The summed E-state index contributed by atoms with van der Waals surface area (Å²) in [7, 11) is 0. The Kier molecular flexibility index (Phi) is 5.19. The Bertz CT molecular complexity index is 599. The lowest BCUT2D eigenvalue weighted by Crippen LogP contribution is -2.50. The number of nitrogens with zero attached hydrogens (tertiary/aromatic N) is 2. The van der Waals surface area contributed by atoms with Gasteiger partial charge in [0.2, 0.25) is 11.8 Å². The number of anilines is 1. The van der Waals surface area contributed by atoms with Gasteiger partial charge >= 0.3 is 0 Å². The maximum Gasteiger partial charge on any atom is 0.228 e. The molecule has 5 heteroatoms. The molecule has 0 aromatic heterocycles. The van der Waals surface area contributed by atoms with Gasteiger partial charge in [-0.15, -0.1) is 0 Å². The van der Waals surface area contributed by atoms with Crippen molar-refractivity contribution in [3.8, 4) is 0 Å². The van der Waals surface area contributed by atoms with Crippen LogP contribution >= 0.6 is 0 Å². The summed E-state index contributed by atoms with van der Waals surface area (Å²) in [4.78, 5) is 29.0. The van der Waals surface area contributed by atoms with E-state index in [0.717, 1.165) is 37.9 Å². The first-order chi connectivity index (χ1) is 11.6. The lowest BCUT2D eigenvalue weighted by atomic mass is 9.98. The maximum atomic E-state index is 12.9. The van der Waals surface area contributed by atoms with Crippen molar-refractivity contribution in [3.63, 3.8) is 0 Å². The van der Waals surface area contributed by atoms with E-state index < -0.39 is 0 Å². The molecule has 2 heterocycles. The van der Waals surface area contributed by atoms with Gasteiger partial charge in [0.05, 0.1) is 5.92 Å². The van der Waals surface area contributed by atoms with Crippen LogP contribution in [0.4, 0.5) is 5.69 Å². The van der Waals surface area contributed by atoms with Gasteiger partial charge in [-0.25, -0.2) is 0 Å². The van der Waals surface area contributed by atoms with Crippen molar-refractivity contribution in [3.05, 3.63) is 29.8 Å². The summed E-state index contributed by atoms with van der Waals surface area (Å²) in [6.07, 6.45) is 4.42. The monoisotopic (exact) mass is 329 g/mol. The van der Waals surface area contributed by atoms with E-state index in [4.69, 9.17) is 5.73 Å². The summed E-state index contributed by atoms with van der Waals surface area (Å²) in [5.41, 5.74) is 7.97. The summed E-state index contributed by atoms with van der Waals surface area (Å²) in [6.45, 7) is 3.87. The molecule has 2 aliphatic heterocycles. The minimum atomic E-state index is -0.240. The second-order valence-corrected chi connectivity index (χ2v) is 6.84. The zero-order chi connectivity index (χ0) is 17.1. The van der Waals surface area contributed by atoms with Crippen LogP contribution in [0.15, 0.2) is 24.3 Å². The predicted octanol–water partition coefficient (Wildman–Crippen LogP) is 1.94. The van der Waals surface area contributed by atoms with Gasteiger partial charge in [0.15, 0.2) is 0 Å². The van der Waals surface area contributed by atoms with E-state index in [0.29, 0.717) is 19.5 Å².